The molecule has 31 heavy (non-hydrogen) atoms. The van der Waals surface area contributed by atoms with Gasteiger partial charge in [-0.25, -0.2) is 14.4 Å². The molecular formula is C21H16Cl2FN5O2. The van der Waals surface area contributed by atoms with Crippen LogP contribution in [-0.4, -0.2) is 25.4 Å². The third-order valence-corrected chi connectivity index (χ3v) is 5.05. The van der Waals surface area contributed by atoms with Gasteiger partial charge in [-0.2, -0.15) is 0 Å². The molecule has 4 aromatic rings. The smallest absolute Gasteiger partial charge is 0.257 e. The van der Waals surface area contributed by atoms with E-state index in [1.165, 1.54) is 30.5 Å². The third kappa shape index (κ3) is 3.93. The number of carbonyl (C=O) groups is 1. The minimum atomic E-state index is -2.67. The average Bonchev–Trinajstić information content (AvgIpc) is 3.18. The highest BCUT2D eigenvalue weighted by Gasteiger charge is 2.21. The molecule has 158 valence electrons. The highest BCUT2D eigenvalue weighted by molar-refractivity contribution is 6.30. The number of fused-ring (bicyclic) bond motifs is 1. The SMILES string of the molecule is [2H]C([2H])([2H])c1nc(-c2ccc(NC(=O)C(O)c3cccc(Cl)c3)cc2F)c2c(N)ncc(Cl)n12. The van der Waals surface area contributed by atoms with Crippen molar-refractivity contribution >= 4 is 46.1 Å². The van der Waals surface area contributed by atoms with E-state index >= 15 is 4.39 Å². The van der Waals surface area contributed by atoms with Crippen LogP contribution in [0.4, 0.5) is 15.9 Å². The third-order valence-electron chi connectivity index (χ3n) is 4.55. The van der Waals surface area contributed by atoms with Crippen molar-refractivity contribution in [2.24, 2.45) is 0 Å². The predicted octanol–water partition coefficient (Wildman–Crippen LogP) is 4.40. The molecule has 10 heteroatoms. The molecule has 0 saturated carbocycles. The van der Waals surface area contributed by atoms with Crippen LogP contribution >= 0.6 is 23.2 Å². The second kappa shape index (κ2) is 8.14. The molecule has 0 aliphatic heterocycles. The highest BCUT2D eigenvalue weighted by Crippen LogP contribution is 2.33. The molecule has 1 atom stereocenters. The number of nitrogens with two attached hydrogens (primary N) is 1. The van der Waals surface area contributed by atoms with E-state index in [1.54, 1.807) is 12.1 Å². The van der Waals surface area contributed by atoms with Gasteiger partial charge in [0.05, 0.1) is 6.20 Å². The number of aliphatic hydroxyl groups excluding tert-OH is 1. The monoisotopic (exact) mass is 462 g/mol. The summed E-state index contributed by atoms with van der Waals surface area (Å²) in [6.07, 6.45) is -0.362. The van der Waals surface area contributed by atoms with E-state index < -0.39 is 30.5 Å². The lowest BCUT2D eigenvalue weighted by Crippen LogP contribution is -2.20. The Labute approximate surface area is 190 Å². The summed E-state index contributed by atoms with van der Waals surface area (Å²) in [6, 6.07) is 9.81. The zero-order chi connectivity index (χ0) is 24.8. The van der Waals surface area contributed by atoms with Gasteiger partial charge in [0.25, 0.3) is 5.91 Å². The number of anilines is 2. The second-order valence-corrected chi connectivity index (χ2v) is 7.40. The van der Waals surface area contributed by atoms with Crippen molar-refractivity contribution < 1.29 is 18.4 Å². The Kier molecular flexibility index (Phi) is 4.59. The molecule has 2 heterocycles. The Morgan fingerprint density at radius 1 is 1.32 bits per heavy atom. The molecule has 0 saturated heterocycles. The maximum absolute atomic E-state index is 15.1. The molecule has 4 rings (SSSR count). The van der Waals surface area contributed by atoms with Crippen molar-refractivity contribution in [2.75, 3.05) is 11.1 Å². The molecule has 7 nitrogen and oxygen atoms in total. The first-order valence-electron chi connectivity index (χ1n) is 10.3. The van der Waals surface area contributed by atoms with E-state index in [0.717, 1.165) is 10.5 Å². The molecule has 0 radical (unpaired) electrons. The van der Waals surface area contributed by atoms with E-state index in [4.69, 9.17) is 33.0 Å². The number of hydrogen-bond donors (Lipinski definition) is 3. The Morgan fingerprint density at radius 3 is 2.84 bits per heavy atom. The summed E-state index contributed by atoms with van der Waals surface area (Å²) in [5, 5.41) is 13.0. The largest absolute Gasteiger partial charge is 0.382 e. The van der Waals surface area contributed by atoms with Gasteiger partial charge in [0.15, 0.2) is 6.10 Å². The van der Waals surface area contributed by atoms with Crippen LogP contribution in [0.15, 0.2) is 48.7 Å². The first-order chi connectivity index (χ1) is 16.0. The molecule has 4 N–H and O–H groups in total. The number of aliphatic hydroxyl groups is 1. The summed E-state index contributed by atoms with van der Waals surface area (Å²) in [4.78, 5) is 20.4. The van der Waals surface area contributed by atoms with Crippen LogP contribution in [0, 0.1) is 12.7 Å². The molecule has 1 amide bonds. The van der Waals surface area contributed by atoms with Crippen LogP contribution in [0.2, 0.25) is 10.2 Å². The van der Waals surface area contributed by atoms with Crippen molar-refractivity contribution in [1.29, 1.82) is 0 Å². The standard InChI is InChI=1S/C21H16Cl2FN5O2/c1-10-27-17(18-20(25)26-9-16(23)29(10)18)14-6-5-13(8-15(14)24)28-21(31)19(30)11-3-2-4-12(22)7-11/h2-9,19,30H,1H3,(H2,25,26)(H,28,31)/i1D3. The molecule has 0 bridgehead atoms. The maximum Gasteiger partial charge on any atom is 0.257 e. The average molecular weight is 463 g/mol. The Balaban J connectivity index is 1.71. The fourth-order valence-corrected chi connectivity index (χ4v) is 3.53. The van der Waals surface area contributed by atoms with Crippen molar-refractivity contribution in [1.82, 2.24) is 14.4 Å². The molecular weight excluding hydrogens is 444 g/mol. The lowest BCUT2D eigenvalue weighted by molar-refractivity contribution is -0.124. The molecule has 1 unspecified atom stereocenters. The topological polar surface area (TPSA) is 106 Å². The first kappa shape index (κ1) is 17.5. The first-order valence-corrected chi connectivity index (χ1v) is 9.60. The Morgan fingerprint density at radius 2 is 2.13 bits per heavy atom. The van der Waals surface area contributed by atoms with E-state index in [9.17, 15) is 9.90 Å². The fourth-order valence-electron chi connectivity index (χ4n) is 3.12. The van der Waals surface area contributed by atoms with Crippen LogP contribution < -0.4 is 11.1 Å². The number of halogens is 3. The normalized spacial score (nSPS) is 14.0. The number of nitrogens with zero attached hydrogens (tertiary/aromatic N) is 3. The number of imidazole rings is 1. The molecule has 0 aliphatic rings. The minimum Gasteiger partial charge on any atom is -0.382 e. The van der Waals surface area contributed by atoms with Gasteiger partial charge in [-0.15, -0.1) is 0 Å². The highest BCUT2D eigenvalue weighted by atomic mass is 35.5. The van der Waals surface area contributed by atoms with Crippen molar-refractivity contribution in [3.05, 3.63) is 76.0 Å². The summed E-state index contributed by atoms with van der Waals surface area (Å²) >= 11 is 12.0. The van der Waals surface area contributed by atoms with Crippen molar-refractivity contribution in [2.45, 2.75) is 13.0 Å². The quantitative estimate of drug-likeness (QED) is 0.416. The van der Waals surface area contributed by atoms with Gasteiger partial charge < -0.3 is 16.2 Å². The molecule has 2 aromatic carbocycles. The summed E-state index contributed by atoms with van der Waals surface area (Å²) in [6.45, 7) is -2.67. The Bertz CT molecular complexity index is 1430. The van der Waals surface area contributed by atoms with Gasteiger partial charge in [0.1, 0.15) is 33.8 Å². The zero-order valence-electron chi connectivity index (χ0n) is 18.6. The van der Waals surface area contributed by atoms with Crippen LogP contribution in [0.5, 0.6) is 0 Å². The number of nitrogens with one attached hydrogen (secondary N) is 1. The van der Waals surface area contributed by atoms with Gasteiger partial charge in [0.2, 0.25) is 0 Å². The molecule has 0 spiro atoms. The predicted molar refractivity (Wildman–Crippen MR) is 118 cm³/mol. The molecule has 2 aromatic heterocycles. The van der Waals surface area contributed by atoms with Crippen LogP contribution in [0.25, 0.3) is 16.8 Å². The molecule has 0 fully saturated rings. The lowest BCUT2D eigenvalue weighted by atomic mass is 10.1. The number of hydrogen-bond acceptors (Lipinski definition) is 5. The van der Waals surface area contributed by atoms with Crippen LogP contribution in [0.1, 0.15) is 21.6 Å². The van der Waals surface area contributed by atoms with Crippen LogP contribution in [0.3, 0.4) is 0 Å². The number of aryl methyl sites for hydroxylation is 1. The van der Waals surface area contributed by atoms with Crippen LogP contribution in [-0.2, 0) is 4.79 Å². The van der Waals surface area contributed by atoms with Gasteiger partial charge in [-0.1, -0.05) is 35.3 Å². The summed E-state index contributed by atoms with van der Waals surface area (Å²) < 4.78 is 39.4. The van der Waals surface area contributed by atoms with Crippen molar-refractivity contribution in [3.63, 3.8) is 0 Å². The number of rotatable bonds is 4. The van der Waals surface area contributed by atoms with Gasteiger partial charge in [-0.05, 0) is 42.7 Å². The summed E-state index contributed by atoms with van der Waals surface area (Å²) in [7, 11) is 0. The van der Waals surface area contributed by atoms with Gasteiger partial charge >= 0.3 is 0 Å². The zero-order valence-corrected chi connectivity index (χ0v) is 17.1. The van der Waals surface area contributed by atoms with E-state index in [1.807, 2.05) is 0 Å². The fraction of sp³-hybridized carbons (Fsp3) is 0.0952. The maximum atomic E-state index is 15.1. The Hall–Kier alpha value is -3.20. The van der Waals surface area contributed by atoms with Crippen molar-refractivity contribution in [3.8, 4) is 11.3 Å². The van der Waals surface area contributed by atoms with E-state index in [-0.39, 0.29) is 39.0 Å². The molecule has 0 aliphatic carbocycles. The lowest BCUT2D eigenvalue weighted by Gasteiger charge is -2.13. The van der Waals surface area contributed by atoms with E-state index in [0.29, 0.717) is 5.02 Å². The second-order valence-electron chi connectivity index (χ2n) is 6.58. The number of carbonyl (C=O) groups excluding carboxylic acids is 1. The number of nitrogen functional groups attached to an aromatic ring is 1. The van der Waals surface area contributed by atoms with Gasteiger partial charge in [-0.3, -0.25) is 9.20 Å². The number of benzene rings is 2. The van der Waals surface area contributed by atoms with Gasteiger partial charge in [0, 0.05) is 20.4 Å². The van der Waals surface area contributed by atoms with E-state index in [2.05, 4.69) is 15.3 Å². The number of amides is 1. The minimum absolute atomic E-state index is 0.0330. The summed E-state index contributed by atoms with van der Waals surface area (Å²) in [5.41, 5.74) is 6.12. The summed E-state index contributed by atoms with van der Waals surface area (Å²) in [5.74, 6) is -2.12. The number of aromatic nitrogens is 3.